The fraction of sp³-hybridized carbons (Fsp3) is 0.778. The zero-order valence-corrected chi connectivity index (χ0v) is 8.23. The van der Waals surface area contributed by atoms with Crippen molar-refractivity contribution < 1.29 is 9.13 Å². The van der Waals surface area contributed by atoms with Gasteiger partial charge in [0.15, 0.2) is 0 Å². The zero-order valence-electron chi connectivity index (χ0n) is 8.23. The van der Waals surface area contributed by atoms with Crippen molar-refractivity contribution in [2.24, 2.45) is 5.73 Å². The van der Waals surface area contributed by atoms with Crippen molar-refractivity contribution in [2.45, 2.75) is 46.3 Å². The van der Waals surface area contributed by atoms with Crippen LogP contribution in [0.2, 0.25) is 0 Å². The van der Waals surface area contributed by atoms with Gasteiger partial charge < -0.3 is 10.5 Å². The third-order valence-corrected chi connectivity index (χ3v) is 1.30. The maximum atomic E-state index is 13.1. The van der Waals surface area contributed by atoms with Gasteiger partial charge >= 0.3 is 0 Å². The quantitative estimate of drug-likeness (QED) is 0.666. The van der Waals surface area contributed by atoms with Gasteiger partial charge in [0, 0.05) is 12.5 Å². The minimum Gasteiger partial charge on any atom is -0.493 e. The Hall–Kier alpha value is -0.570. The Balaban J connectivity index is 4.06. The highest BCUT2D eigenvalue weighted by molar-refractivity contribution is 4.99. The van der Waals surface area contributed by atoms with Crippen LogP contribution in [0.1, 0.15) is 34.1 Å². The summed E-state index contributed by atoms with van der Waals surface area (Å²) in [6.45, 7) is 7.12. The molecule has 0 aliphatic heterocycles. The van der Waals surface area contributed by atoms with E-state index in [0.717, 1.165) is 0 Å². The molecule has 0 aromatic heterocycles. The van der Waals surface area contributed by atoms with E-state index in [4.69, 9.17) is 10.5 Å². The van der Waals surface area contributed by atoms with Gasteiger partial charge in [-0.2, -0.15) is 0 Å². The van der Waals surface area contributed by atoms with Gasteiger partial charge in [-0.15, -0.1) is 0 Å². The number of hydrogen-bond acceptors (Lipinski definition) is 2. The number of ether oxygens (including phenoxy) is 1. The lowest BCUT2D eigenvalue weighted by molar-refractivity contribution is 0.139. The minimum absolute atomic E-state index is 0.0174. The minimum atomic E-state index is -0.251. The van der Waals surface area contributed by atoms with Gasteiger partial charge in [-0.25, -0.2) is 4.39 Å². The lowest BCUT2D eigenvalue weighted by Gasteiger charge is -2.12. The lowest BCUT2D eigenvalue weighted by Crippen LogP contribution is -2.15. The average Bonchev–Trinajstić information content (AvgIpc) is 1.84. The highest BCUT2D eigenvalue weighted by Crippen LogP contribution is 2.14. The summed E-state index contributed by atoms with van der Waals surface area (Å²) in [6.07, 6.45) is 0.266. The van der Waals surface area contributed by atoms with Crippen molar-refractivity contribution in [3.8, 4) is 0 Å². The first-order valence-corrected chi connectivity index (χ1v) is 4.21. The topological polar surface area (TPSA) is 35.2 Å². The van der Waals surface area contributed by atoms with Crippen molar-refractivity contribution in [3.05, 3.63) is 11.6 Å². The molecule has 0 bridgehead atoms. The van der Waals surface area contributed by atoms with Crippen LogP contribution in [0.5, 0.6) is 0 Å². The van der Waals surface area contributed by atoms with E-state index in [2.05, 4.69) is 0 Å². The SMILES string of the molecule is C/C(OC(C)C)=C(/F)CC(C)N. The Bertz CT molecular complexity index is 146. The van der Waals surface area contributed by atoms with Crippen LogP contribution >= 0.6 is 0 Å². The molecular weight excluding hydrogens is 157 g/mol. The van der Waals surface area contributed by atoms with Crippen LogP contribution in [-0.2, 0) is 4.74 Å². The number of rotatable bonds is 4. The van der Waals surface area contributed by atoms with Crippen molar-refractivity contribution in [1.29, 1.82) is 0 Å². The van der Waals surface area contributed by atoms with Crippen LogP contribution in [0.25, 0.3) is 0 Å². The van der Waals surface area contributed by atoms with Crippen molar-refractivity contribution in [1.82, 2.24) is 0 Å². The number of allylic oxidation sites excluding steroid dienone is 1. The third kappa shape index (κ3) is 5.13. The van der Waals surface area contributed by atoms with Crippen LogP contribution in [0.3, 0.4) is 0 Å². The second kappa shape index (κ2) is 5.14. The zero-order chi connectivity index (χ0) is 9.72. The molecule has 3 heteroatoms. The Morgan fingerprint density at radius 3 is 2.25 bits per heavy atom. The molecule has 0 heterocycles. The van der Waals surface area contributed by atoms with Crippen LogP contribution < -0.4 is 5.73 Å². The van der Waals surface area contributed by atoms with E-state index in [9.17, 15) is 4.39 Å². The van der Waals surface area contributed by atoms with Gasteiger partial charge in [0.1, 0.15) is 11.6 Å². The Morgan fingerprint density at radius 1 is 1.42 bits per heavy atom. The third-order valence-electron chi connectivity index (χ3n) is 1.30. The predicted octanol–water partition coefficient (Wildman–Crippen LogP) is 2.35. The molecule has 0 saturated carbocycles. The molecule has 1 unspecified atom stereocenters. The molecule has 0 aromatic rings. The summed E-state index contributed by atoms with van der Waals surface area (Å²) in [5.41, 5.74) is 5.43. The first-order chi connectivity index (χ1) is 5.43. The van der Waals surface area contributed by atoms with Crippen molar-refractivity contribution in [2.75, 3.05) is 0 Å². The summed E-state index contributed by atoms with van der Waals surface area (Å²) in [7, 11) is 0. The smallest absolute Gasteiger partial charge is 0.139 e. The molecule has 72 valence electrons. The van der Waals surface area contributed by atoms with E-state index in [1.807, 2.05) is 13.8 Å². The maximum Gasteiger partial charge on any atom is 0.139 e. The predicted molar refractivity (Wildman–Crippen MR) is 48.3 cm³/mol. The van der Waals surface area contributed by atoms with Crippen molar-refractivity contribution in [3.63, 3.8) is 0 Å². The summed E-state index contributed by atoms with van der Waals surface area (Å²) in [4.78, 5) is 0. The molecular formula is C9H18FNO. The average molecular weight is 175 g/mol. The van der Waals surface area contributed by atoms with E-state index in [1.165, 1.54) is 0 Å². The molecule has 0 saturated heterocycles. The highest BCUT2D eigenvalue weighted by atomic mass is 19.1. The molecule has 0 aromatic carbocycles. The largest absolute Gasteiger partial charge is 0.493 e. The van der Waals surface area contributed by atoms with Gasteiger partial charge in [0.25, 0.3) is 0 Å². The molecule has 0 aliphatic rings. The summed E-state index contributed by atoms with van der Waals surface area (Å²) in [6, 6.07) is -0.157. The van der Waals surface area contributed by atoms with Crippen LogP contribution in [-0.4, -0.2) is 12.1 Å². The van der Waals surface area contributed by atoms with Crippen LogP contribution in [0.4, 0.5) is 4.39 Å². The number of nitrogens with two attached hydrogens (primary N) is 1. The number of halogens is 1. The van der Waals surface area contributed by atoms with Gasteiger partial charge in [-0.1, -0.05) is 0 Å². The molecule has 0 fully saturated rings. The molecule has 0 amide bonds. The van der Waals surface area contributed by atoms with Crippen molar-refractivity contribution >= 4 is 0 Å². The van der Waals surface area contributed by atoms with E-state index in [1.54, 1.807) is 13.8 Å². The summed E-state index contributed by atoms with van der Waals surface area (Å²) >= 11 is 0. The monoisotopic (exact) mass is 175 g/mol. The van der Waals surface area contributed by atoms with Gasteiger partial charge in [0.05, 0.1) is 6.10 Å². The summed E-state index contributed by atoms with van der Waals surface area (Å²) < 4.78 is 18.2. The Morgan fingerprint density at radius 2 is 1.92 bits per heavy atom. The Kier molecular flexibility index (Phi) is 4.90. The molecule has 0 aliphatic carbocycles. The van der Waals surface area contributed by atoms with Gasteiger partial charge in [0.2, 0.25) is 0 Å². The van der Waals surface area contributed by atoms with Gasteiger partial charge in [-0.3, -0.25) is 0 Å². The maximum absolute atomic E-state index is 13.1. The second-order valence-electron chi connectivity index (χ2n) is 3.31. The van der Waals surface area contributed by atoms with E-state index in [0.29, 0.717) is 5.76 Å². The molecule has 12 heavy (non-hydrogen) atoms. The second-order valence-corrected chi connectivity index (χ2v) is 3.31. The number of hydrogen-bond donors (Lipinski definition) is 1. The van der Waals surface area contributed by atoms with E-state index < -0.39 is 0 Å². The first-order valence-electron chi connectivity index (χ1n) is 4.21. The first kappa shape index (κ1) is 11.4. The van der Waals surface area contributed by atoms with Crippen LogP contribution in [0, 0.1) is 0 Å². The standard InChI is InChI=1S/C9H18FNO/c1-6(2)12-8(4)9(10)5-7(3)11/h6-7H,5,11H2,1-4H3/b9-8-. The molecule has 2 nitrogen and oxygen atoms in total. The molecule has 0 radical (unpaired) electrons. The molecule has 2 N–H and O–H groups in total. The fourth-order valence-corrected chi connectivity index (χ4v) is 0.844. The fourth-order valence-electron chi connectivity index (χ4n) is 0.844. The molecule has 0 rings (SSSR count). The van der Waals surface area contributed by atoms with Gasteiger partial charge in [-0.05, 0) is 27.7 Å². The summed E-state index contributed by atoms with van der Waals surface area (Å²) in [5, 5.41) is 0. The Labute approximate surface area is 73.6 Å². The highest BCUT2D eigenvalue weighted by Gasteiger charge is 2.06. The molecule has 1 atom stereocenters. The van der Waals surface area contributed by atoms with E-state index >= 15 is 0 Å². The summed E-state index contributed by atoms with van der Waals surface area (Å²) in [5.74, 6) is 0.0981. The van der Waals surface area contributed by atoms with Crippen LogP contribution in [0.15, 0.2) is 11.6 Å². The lowest BCUT2D eigenvalue weighted by atomic mass is 10.2. The molecule has 0 spiro atoms. The normalized spacial score (nSPS) is 15.9. The van der Waals surface area contributed by atoms with E-state index in [-0.39, 0.29) is 24.4 Å².